The van der Waals surface area contributed by atoms with Gasteiger partial charge in [-0.3, -0.25) is 0 Å². The van der Waals surface area contributed by atoms with Crippen molar-refractivity contribution in [3.63, 3.8) is 0 Å². The lowest BCUT2D eigenvalue weighted by Crippen LogP contribution is -2.67. The standard InChI is InChI=1S/C18H15S.C5HF11O3S/c1-4-10-16(11-5-1)19(17-12-6-2-7-13-17)18-14-8-3-9-15-18;6-1(7,2(8,9)4(12,13)14)3(10,11)5(15,16)20(17,18)19/h1-15H;(H,17,18,19)/q+1;/p-1. The number of hydrogen-bond acceptors (Lipinski definition) is 3. The average Bonchev–Trinajstić information content (AvgIpc) is 2.85. The Balaban J connectivity index is 0.000000273. The Morgan fingerprint density at radius 3 is 1.00 bits per heavy atom. The van der Waals surface area contributed by atoms with E-state index < -0.39 is 39.3 Å². The van der Waals surface area contributed by atoms with Crippen molar-refractivity contribution >= 4 is 21.0 Å². The lowest BCUT2D eigenvalue weighted by Gasteiger charge is -2.37. The summed E-state index contributed by atoms with van der Waals surface area (Å²) in [5.74, 6) is -23.4. The van der Waals surface area contributed by atoms with Crippen molar-refractivity contribution < 1.29 is 61.3 Å². The van der Waals surface area contributed by atoms with Crippen molar-refractivity contribution in [3.05, 3.63) is 91.0 Å². The topological polar surface area (TPSA) is 57.2 Å². The van der Waals surface area contributed by atoms with E-state index in [0.717, 1.165) is 0 Å². The zero-order valence-corrected chi connectivity index (χ0v) is 20.5. The predicted octanol–water partition coefficient (Wildman–Crippen LogP) is 7.37. The molecule has 0 N–H and O–H groups in total. The molecule has 0 heterocycles. The van der Waals surface area contributed by atoms with Gasteiger partial charge in [0.1, 0.15) is 0 Å². The summed E-state index contributed by atoms with van der Waals surface area (Å²) in [5.41, 5.74) is 0. The molecule has 0 fully saturated rings. The normalized spacial score (nSPS) is 13.6. The Bertz CT molecular complexity index is 1220. The van der Waals surface area contributed by atoms with Crippen LogP contribution in [0.2, 0.25) is 0 Å². The molecule has 214 valence electrons. The molecule has 0 aliphatic heterocycles. The molecule has 0 atom stereocenters. The smallest absolute Gasteiger partial charge is 0.460 e. The Morgan fingerprint density at radius 1 is 0.487 bits per heavy atom. The highest BCUT2D eigenvalue weighted by atomic mass is 32.2. The van der Waals surface area contributed by atoms with Crippen LogP contribution in [-0.2, 0) is 21.0 Å². The van der Waals surface area contributed by atoms with Crippen molar-refractivity contribution in [3.8, 4) is 0 Å². The molecular weight excluding hydrogens is 597 g/mol. The fraction of sp³-hybridized carbons (Fsp3) is 0.217. The van der Waals surface area contributed by atoms with Crippen LogP contribution in [0.25, 0.3) is 0 Å². The van der Waals surface area contributed by atoms with Crippen molar-refractivity contribution in [2.75, 3.05) is 0 Å². The van der Waals surface area contributed by atoms with Gasteiger partial charge in [-0.15, -0.1) is 0 Å². The van der Waals surface area contributed by atoms with Crippen LogP contribution in [0, 0.1) is 0 Å². The Kier molecular flexibility index (Phi) is 9.40. The molecule has 0 saturated heterocycles. The summed E-state index contributed by atoms with van der Waals surface area (Å²) < 4.78 is 162. The molecule has 0 amide bonds. The first-order chi connectivity index (χ1) is 17.7. The highest BCUT2D eigenvalue weighted by Crippen LogP contribution is 2.58. The van der Waals surface area contributed by atoms with Gasteiger partial charge in [0, 0.05) is 0 Å². The van der Waals surface area contributed by atoms with Gasteiger partial charge in [-0.25, -0.2) is 8.42 Å². The third kappa shape index (κ3) is 6.32. The first-order valence-electron chi connectivity index (χ1n) is 10.1. The fourth-order valence-electron chi connectivity index (χ4n) is 2.79. The SMILES string of the molecule is O=S(=O)([O-])C(F)(F)C(F)(F)C(F)(F)C(F)(F)C(F)(F)F.c1ccc([S+](c2ccccc2)c2ccccc2)cc1. The minimum atomic E-state index is -7.90. The van der Waals surface area contributed by atoms with E-state index in [4.69, 9.17) is 0 Å². The van der Waals surface area contributed by atoms with Gasteiger partial charge in [-0.05, 0) is 36.4 Å². The third-order valence-electron chi connectivity index (χ3n) is 4.76. The molecule has 39 heavy (non-hydrogen) atoms. The lowest BCUT2D eigenvalue weighted by molar-refractivity contribution is -0.413. The van der Waals surface area contributed by atoms with E-state index in [2.05, 4.69) is 91.0 Å². The zero-order chi connectivity index (χ0) is 29.9. The number of alkyl halides is 11. The molecule has 3 aromatic rings. The maximum absolute atomic E-state index is 12.4. The summed E-state index contributed by atoms with van der Waals surface area (Å²) in [6.07, 6.45) is -7.41. The molecule has 0 unspecified atom stereocenters. The molecular formula is C23H15F11O3S2. The second kappa shape index (κ2) is 11.3. The number of rotatable bonds is 7. The van der Waals surface area contributed by atoms with E-state index in [1.54, 1.807) is 0 Å². The number of halogens is 11. The van der Waals surface area contributed by atoms with Crippen LogP contribution in [0.3, 0.4) is 0 Å². The van der Waals surface area contributed by atoms with Crippen LogP contribution in [0.1, 0.15) is 0 Å². The van der Waals surface area contributed by atoms with Crippen molar-refractivity contribution in [2.24, 2.45) is 0 Å². The van der Waals surface area contributed by atoms with Crippen LogP contribution in [0.15, 0.2) is 106 Å². The van der Waals surface area contributed by atoms with Crippen molar-refractivity contribution in [1.82, 2.24) is 0 Å². The van der Waals surface area contributed by atoms with Crippen LogP contribution < -0.4 is 0 Å². The van der Waals surface area contributed by atoms with E-state index in [0.29, 0.717) is 0 Å². The Hall–Kier alpha value is -2.85. The molecule has 0 aliphatic rings. The summed E-state index contributed by atoms with van der Waals surface area (Å²) in [7, 11) is -7.68. The first kappa shape index (κ1) is 32.4. The van der Waals surface area contributed by atoms with Crippen LogP contribution in [-0.4, -0.2) is 42.2 Å². The second-order valence-electron chi connectivity index (χ2n) is 7.44. The molecule has 16 heteroatoms. The van der Waals surface area contributed by atoms with Crippen molar-refractivity contribution in [1.29, 1.82) is 0 Å². The van der Waals surface area contributed by atoms with Crippen LogP contribution >= 0.6 is 0 Å². The molecule has 3 nitrogen and oxygen atoms in total. The predicted molar refractivity (Wildman–Crippen MR) is 117 cm³/mol. The van der Waals surface area contributed by atoms with Crippen LogP contribution in [0.5, 0.6) is 0 Å². The minimum Gasteiger partial charge on any atom is -0.743 e. The quantitative estimate of drug-likeness (QED) is 0.159. The van der Waals surface area contributed by atoms with Gasteiger partial charge in [0.05, 0.1) is 10.9 Å². The Labute approximate surface area is 217 Å². The van der Waals surface area contributed by atoms with Gasteiger partial charge < -0.3 is 4.55 Å². The summed E-state index contributed by atoms with van der Waals surface area (Å²) >= 11 is 0. The molecule has 0 saturated carbocycles. The molecule has 0 spiro atoms. The first-order valence-corrected chi connectivity index (χ1v) is 12.8. The van der Waals surface area contributed by atoms with E-state index in [9.17, 15) is 61.3 Å². The van der Waals surface area contributed by atoms with Crippen molar-refractivity contribution in [2.45, 2.75) is 43.9 Å². The minimum absolute atomic E-state index is 0.0146. The monoisotopic (exact) mass is 612 g/mol. The highest BCUT2D eigenvalue weighted by molar-refractivity contribution is 7.97. The van der Waals surface area contributed by atoms with Gasteiger partial charge in [0.2, 0.25) is 0 Å². The maximum Gasteiger partial charge on any atom is 0.460 e. The van der Waals surface area contributed by atoms with Gasteiger partial charge in [-0.2, -0.15) is 48.3 Å². The number of benzene rings is 3. The summed E-state index contributed by atoms with van der Waals surface area (Å²) in [6.45, 7) is 0. The summed E-state index contributed by atoms with van der Waals surface area (Å²) in [4.78, 5) is 4.08. The molecule has 3 aromatic carbocycles. The van der Waals surface area contributed by atoms with Gasteiger partial charge in [0.15, 0.2) is 24.8 Å². The molecule has 0 bridgehead atoms. The van der Waals surface area contributed by atoms with Gasteiger partial charge in [-0.1, -0.05) is 54.6 Å². The Morgan fingerprint density at radius 2 is 0.769 bits per heavy atom. The van der Waals surface area contributed by atoms with Gasteiger partial charge >= 0.3 is 29.2 Å². The van der Waals surface area contributed by atoms with E-state index in [1.807, 2.05) is 0 Å². The van der Waals surface area contributed by atoms with Gasteiger partial charge in [0.25, 0.3) is 0 Å². The molecule has 3 rings (SSSR count). The maximum atomic E-state index is 12.4. The third-order valence-corrected chi connectivity index (χ3v) is 7.88. The van der Waals surface area contributed by atoms with E-state index in [-0.39, 0.29) is 10.9 Å². The second-order valence-corrected chi connectivity index (χ2v) is 10.9. The van der Waals surface area contributed by atoms with E-state index in [1.165, 1.54) is 14.7 Å². The highest BCUT2D eigenvalue weighted by Gasteiger charge is 2.88. The van der Waals surface area contributed by atoms with Crippen LogP contribution in [0.4, 0.5) is 48.3 Å². The molecule has 0 aromatic heterocycles. The number of hydrogen-bond donors (Lipinski definition) is 0. The zero-order valence-electron chi connectivity index (χ0n) is 18.9. The fourth-order valence-corrected chi connectivity index (χ4v) is 5.34. The van der Waals surface area contributed by atoms with E-state index >= 15 is 0 Å². The lowest BCUT2D eigenvalue weighted by atomic mass is 10.0. The largest absolute Gasteiger partial charge is 0.743 e. The molecule has 0 aliphatic carbocycles. The summed E-state index contributed by atoms with van der Waals surface area (Å²) in [5, 5.41) is -7.40. The molecule has 0 radical (unpaired) electrons. The average molecular weight is 612 g/mol. The summed E-state index contributed by atoms with van der Waals surface area (Å²) in [6, 6.07) is 32.2.